The second-order valence-electron chi connectivity index (χ2n) is 5.85. The first kappa shape index (κ1) is 14.9. The van der Waals surface area contributed by atoms with E-state index in [9.17, 15) is 8.78 Å². The zero-order valence-corrected chi connectivity index (χ0v) is 12.3. The van der Waals surface area contributed by atoms with Crippen LogP contribution < -0.4 is 5.32 Å². The first-order valence-corrected chi connectivity index (χ1v) is 7.60. The molecule has 3 rings (SSSR count). The maximum absolute atomic E-state index is 12.7. The van der Waals surface area contributed by atoms with Crippen LogP contribution in [0, 0.1) is 0 Å². The van der Waals surface area contributed by atoms with Crippen molar-refractivity contribution in [3.63, 3.8) is 0 Å². The number of hydrogen-bond acceptors (Lipinski definition) is 3. The third-order valence-corrected chi connectivity index (χ3v) is 4.34. The van der Waals surface area contributed by atoms with E-state index < -0.39 is 6.43 Å². The highest BCUT2D eigenvalue weighted by Gasteiger charge is 2.40. The summed E-state index contributed by atoms with van der Waals surface area (Å²) in [5.74, 6) is 0. The number of rotatable bonds is 5. The number of nitrogens with zero attached hydrogens (tertiary/aromatic N) is 1. The van der Waals surface area contributed by atoms with Crippen LogP contribution in [-0.2, 0) is 4.74 Å². The van der Waals surface area contributed by atoms with Crippen LogP contribution in [0.5, 0.6) is 0 Å². The van der Waals surface area contributed by atoms with Gasteiger partial charge in [0, 0.05) is 24.7 Å². The maximum atomic E-state index is 12.7. The fourth-order valence-corrected chi connectivity index (χ4v) is 3.19. The summed E-state index contributed by atoms with van der Waals surface area (Å²) in [6, 6.07) is 7.53. The van der Waals surface area contributed by atoms with Gasteiger partial charge in [-0.05, 0) is 25.5 Å². The largest absolute Gasteiger partial charge is 0.374 e. The molecule has 0 radical (unpaired) electrons. The fourth-order valence-electron chi connectivity index (χ4n) is 3.19. The average molecular weight is 296 g/mol. The summed E-state index contributed by atoms with van der Waals surface area (Å²) in [5, 5.41) is 3.17. The molecule has 1 aliphatic heterocycles. The van der Waals surface area contributed by atoms with Crippen molar-refractivity contribution in [3.05, 3.63) is 35.4 Å². The first-order chi connectivity index (χ1) is 10.2. The lowest BCUT2D eigenvalue weighted by Crippen LogP contribution is -2.49. The smallest absolute Gasteiger partial charge is 0.263 e. The molecule has 3 nitrogen and oxygen atoms in total. The van der Waals surface area contributed by atoms with Gasteiger partial charge in [0.05, 0.1) is 18.8 Å². The van der Waals surface area contributed by atoms with E-state index in [0.29, 0.717) is 6.04 Å². The van der Waals surface area contributed by atoms with Gasteiger partial charge in [-0.1, -0.05) is 24.3 Å². The molecule has 1 N–H and O–H groups in total. The van der Waals surface area contributed by atoms with Gasteiger partial charge < -0.3 is 10.1 Å². The lowest BCUT2D eigenvalue weighted by molar-refractivity contribution is -0.0740. The molecule has 0 bridgehead atoms. The Hall–Kier alpha value is -1.04. The number of ether oxygens (including phenoxy) is 1. The molecule has 116 valence electrons. The van der Waals surface area contributed by atoms with Crippen LogP contribution in [0.15, 0.2) is 24.3 Å². The lowest BCUT2D eigenvalue weighted by Gasteiger charge is -2.42. The maximum Gasteiger partial charge on any atom is 0.263 e. The summed E-state index contributed by atoms with van der Waals surface area (Å²) >= 11 is 0. The van der Waals surface area contributed by atoms with Gasteiger partial charge in [-0.25, -0.2) is 8.78 Å². The molecule has 21 heavy (non-hydrogen) atoms. The van der Waals surface area contributed by atoms with Crippen LogP contribution in [0.4, 0.5) is 8.78 Å². The molecule has 1 heterocycles. The number of halogens is 2. The summed E-state index contributed by atoms with van der Waals surface area (Å²) in [7, 11) is 1.91. The van der Waals surface area contributed by atoms with Crippen molar-refractivity contribution < 1.29 is 13.5 Å². The van der Waals surface area contributed by atoms with E-state index in [4.69, 9.17) is 4.74 Å². The number of hydrogen-bond donors (Lipinski definition) is 1. The Labute approximate surface area is 124 Å². The van der Waals surface area contributed by atoms with E-state index in [1.807, 2.05) is 19.2 Å². The van der Waals surface area contributed by atoms with Gasteiger partial charge in [-0.15, -0.1) is 0 Å². The molecule has 2 atom stereocenters. The molecule has 0 aromatic heterocycles. The molecule has 5 heteroatoms. The van der Waals surface area contributed by atoms with Crippen molar-refractivity contribution in [2.24, 2.45) is 0 Å². The van der Waals surface area contributed by atoms with E-state index in [1.165, 1.54) is 25.0 Å². The molecule has 1 saturated heterocycles. The second-order valence-corrected chi connectivity index (χ2v) is 5.85. The van der Waals surface area contributed by atoms with Crippen molar-refractivity contribution >= 4 is 0 Å². The Morgan fingerprint density at radius 3 is 2.57 bits per heavy atom. The van der Waals surface area contributed by atoms with Gasteiger partial charge in [-0.2, -0.15) is 0 Å². The van der Waals surface area contributed by atoms with Gasteiger partial charge in [-0.3, -0.25) is 4.90 Å². The van der Waals surface area contributed by atoms with Crippen molar-refractivity contribution in [1.29, 1.82) is 0 Å². The zero-order chi connectivity index (χ0) is 14.8. The van der Waals surface area contributed by atoms with E-state index in [0.717, 1.165) is 25.3 Å². The molecule has 2 unspecified atom stereocenters. The third-order valence-electron chi connectivity index (χ3n) is 4.34. The average Bonchev–Trinajstić information content (AvgIpc) is 3.32. The Morgan fingerprint density at radius 2 is 2.00 bits per heavy atom. The van der Waals surface area contributed by atoms with Crippen molar-refractivity contribution in [2.75, 3.05) is 26.7 Å². The molecule has 1 aromatic rings. The molecular formula is C16H22F2N2O. The van der Waals surface area contributed by atoms with Crippen LogP contribution in [0.1, 0.15) is 36.4 Å². The normalized spacial score (nSPS) is 27.2. The standard InChI is InChI=1S/C16H22F2N2O/c1-19-10-14-15(20(8-9-21-14)13-6-7-13)11-2-4-12(5-3-11)16(17)18/h2-5,13-16,19H,6-10H2,1H3. The fraction of sp³-hybridized carbons (Fsp3) is 0.625. The van der Waals surface area contributed by atoms with Crippen LogP contribution >= 0.6 is 0 Å². The van der Waals surface area contributed by atoms with Gasteiger partial charge in [0.1, 0.15) is 0 Å². The van der Waals surface area contributed by atoms with Crippen LogP contribution in [0.25, 0.3) is 0 Å². The van der Waals surface area contributed by atoms with E-state index in [2.05, 4.69) is 10.2 Å². The zero-order valence-electron chi connectivity index (χ0n) is 12.3. The van der Waals surface area contributed by atoms with E-state index in [-0.39, 0.29) is 17.7 Å². The quantitative estimate of drug-likeness (QED) is 0.904. The molecular weight excluding hydrogens is 274 g/mol. The number of benzene rings is 1. The predicted octanol–water partition coefficient (Wildman–Crippen LogP) is 2.75. The molecule has 2 fully saturated rings. The topological polar surface area (TPSA) is 24.5 Å². The summed E-state index contributed by atoms with van der Waals surface area (Å²) in [6.07, 6.45) is 0.131. The number of morpholine rings is 1. The highest BCUT2D eigenvalue weighted by molar-refractivity contribution is 5.27. The molecule has 0 amide bonds. The summed E-state index contributed by atoms with van der Waals surface area (Å²) in [6.45, 7) is 2.44. The highest BCUT2D eigenvalue weighted by atomic mass is 19.3. The minimum absolute atomic E-state index is 0.0711. The van der Waals surface area contributed by atoms with Crippen LogP contribution in [-0.4, -0.2) is 43.8 Å². The van der Waals surface area contributed by atoms with E-state index in [1.54, 1.807) is 0 Å². The van der Waals surface area contributed by atoms with Crippen LogP contribution in [0.3, 0.4) is 0 Å². The monoisotopic (exact) mass is 296 g/mol. The number of alkyl halides is 2. The number of likely N-dealkylation sites (N-methyl/N-ethyl adjacent to an activating group) is 1. The summed E-state index contributed by atoms with van der Waals surface area (Å²) in [5.41, 5.74) is 1.16. The lowest BCUT2D eigenvalue weighted by atomic mass is 9.96. The molecule has 1 aromatic carbocycles. The summed E-state index contributed by atoms with van der Waals surface area (Å²) < 4.78 is 31.3. The second kappa shape index (κ2) is 6.38. The Morgan fingerprint density at radius 1 is 1.29 bits per heavy atom. The van der Waals surface area contributed by atoms with Gasteiger partial charge >= 0.3 is 0 Å². The highest BCUT2D eigenvalue weighted by Crippen LogP contribution is 2.39. The Balaban J connectivity index is 1.85. The van der Waals surface area contributed by atoms with Gasteiger partial charge in [0.25, 0.3) is 6.43 Å². The SMILES string of the molecule is CNCC1OCCN(C2CC2)C1c1ccc(C(F)F)cc1. The Bertz CT molecular complexity index is 460. The molecule has 1 aliphatic carbocycles. The minimum atomic E-state index is -2.41. The predicted molar refractivity (Wildman–Crippen MR) is 77.5 cm³/mol. The number of nitrogens with one attached hydrogen (secondary N) is 1. The molecule has 1 saturated carbocycles. The summed E-state index contributed by atoms with van der Waals surface area (Å²) in [4.78, 5) is 2.49. The van der Waals surface area contributed by atoms with Gasteiger partial charge in [0.15, 0.2) is 0 Å². The molecule has 2 aliphatic rings. The van der Waals surface area contributed by atoms with Gasteiger partial charge in [0.2, 0.25) is 0 Å². The van der Waals surface area contributed by atoms with Crippen LogP contribution in [0.2, 0.25) is 0 Å². The van der Waals surface area contributed by atoms with Crippen molar-refractivity contribution in [2.45, 2.75) is 37.5 Å². The first-order valence-electron chi connectivity index (χ1n) is 7.60. The third kappa shape index (κ3) is 3.25. The van der Waals surface area contributed by atoms with Crippen molar-refractivity contribution in [3.8, 4) is 0 Å². The van der Waals surface area contributed by atoms with Crippen molar-refractivity contribution in [1.82, 2.24) is 10.2 Å². The Kier molecular flexibility index (Phi) is 4.52. The van der Waals surface area contributed by atoms with E-state index >= 15 is 0 Å². The molecule has 0 spiro atoms. The minimum Gasteiger partial charge on any atom is -0.374 e.